The summed E-state index contributed by atoms with van der Waals surface area (Å²) in [6.45, 7) is 1.70. The third-order valence-electron chi connectivity index (χ3n) is 2.77. The van der Waals surface area contributed by atoms with Gasteiger partial charge in [-0.25, -0.2) is 18.0 Å². The molecule has 8 heteroatoms. The highest BCUT2D eigenvalue weighted by Crippen LogP contribution is 2.29. The van der Waals surface area contributed by atoms with E-state index in [1.165, 1.54) is 13.2 Å². The molecule has 116 valence electrons. The van der Waals surface area contributed by atoms with Crippen LogP contribution in [0, 0.1) is 24.4 Å². The van der Waals surface area contributed by atoms with Gasteiger partial charge in [0.2, 0.25) is 0 Å². The number of rotatable bonds is 3. The molecular formula is C14H10F3NO3S. The van der Waals surface area contributed by atoms with Gasteiger partial charge in [0.05, 0.1) is 18.2 Å². The monoisotopic (exact) mass is 329 g/mol. The lowest BCUT2D eigenvalue weighted by atomic mass is 10.2. The van der Waals surface area contributed by atoms with Crippen LogP contribution in [-0.4, -0.2) is 19.0 Å². The zero-order chi connectivity index (χ0) is 16.4. The topological polar surface area (TPSA) is 55.4 Å². The number of halogens is 3. The van der Waals surface area contributed by atoms with E-state index in [9.17, 15) is 22.8 Å². The molecule has 0 atom stereocenters. The van der Waals surface area contributed by atoms with Gasteiger partial charge in [-0.15, -0.1) is 11.3 Å². The van der Waals surface area contributed by atoms with Crippen LogP contribution in [0.25, 0.3) is 0 Å². The fourth-order valence-corrected chi connectivity index (χ4v) is 2.64. The van der Waals surface area contributed by atoms with E-state index in [0.29, 0.717) is 10.9 Å². The van der Waals surface area contributed by atoms with Gasteiger partial charge in [-0.05, 0) is 25.1 Å². The Bertz CT molecular complexity index is 758. The molecule has 0 aliphatic rings. The highest BCUT2D eigenvalue weighted by atomic mass is 32.1. The lowest BCUT2D eigenvalue weighted by Gasteiger charge is -2.07. The first kappa shape index (κ1) is 16.0. The second kappa shape index (κ2) is 6.18. The standard InChI is InChI=1S/C14H10F3NO3S/c1-6-5-8(14(20)21-2)13(22-6)18-12(19)7-3-4-9(15)11(17)10(7)16/h3-5H,1-2H3,(H,18,19). The van der Waals surface area contributed by atoms with Crippen molar-refractivity contribution in [2.45, 2.75) is 6.92 Å². The summed E-state index contributed by atoms with van der Waals surface area (Å²) in [6.07, 6.45) is 0. The van der Waals surface area contributed by atoms with Gasteiger partial charge in [0.15, 0.2) is 17.5 Å². The van der Waals surface area contributed by atoms with Crippen molar-refractivity contribution in [2.75, 3.05) is 12.4 Å². The zero-order valence-corrected chi connectivity index (χ0v) is 12.3. The molecule has 0 fully saturated rings. The minimum atomic E-state index is -1.73. The number of carbonyl (C=O) groups excluding carboxylic acids is 2. The smallest absolute Gasteiger partial charge is 0.340 e. The number of ether oxygens (including phenoxy) is 1. The average Bonchev–Trinajstić information content (AvgIpc) is 2.84. The van der Waals surface area contributed by atoms with Crippen LogP contribution >= 0.6 is 11.3 Å². The molecule has 1 aromatic heterocycles. The number of hydrogen-bond acceptors (Lipinski definition) is 4. The highest BCUT2D eigenvalue weighted by molar-refractivity contribution is 7.16. The molecule has 0 spiro atoms. The van der Waals surface area contributed by atoms with Crippen molar-refractivity contribution in [3.63, 3.8) is 0 Å². The number of thiophene rings is 1. The van der Waals surface area contributed by atoms with E-state index < -0.39 is 34.9 Å². The van der Waals surface area contributed by atoms with E-state index in [1.54, 1.807) is 6.92 Å². The number of methoxy groups -OCH3 is 1. The maximum atomic E-state index is 13.6. The molecule has 0 saturated carbocycles. The van der Waals surface area contributed by atoms with Crippen LogP contribution in [0.3, 0.4) is 0 Å². The van der Waals surface area contributed by atoms with Crippen LogP contribution in [0.15, 0.2) is 18.2 Å². The minimum absolute atomic E-state index is 0.0985. The first-order chi connectivity index (χ1) is 10.3. The maximum absolute atomic E-state index is 13.6. The molecule has 2 rings (SSSR count). The summed E-state index contributed by atoms with van der Waals surface area (Å²) in [5.74, 6) is -6.39. The summed E-state index contributed by atoms with van der Waals surface area (Å²) in [6, 6.07) is 2.96. The molecule has 0 saturated heterocycles. The third kappa shape index (κ3) is 2.96. The summed E-state index contributed by atoms with van der Waals surface area (Å²) >= 11 is 1.07. The predicted molar refractivity (Wildman–Crippen MR) is 74.7 cm³/mol. The summed E-state index contributed by atoms with van der Waals surface area (Å²) < 4.78 is 44.2. The molecule has 1 N–H and O–H groups in total. The first-order valence-electron chi connectivity index (χ1n) is 5.98. The van der Waals surface area contributed by atoms with E-state index in [1.807, 2.05) is 0 Å². The van der Waals surface area contributed by atoms with E-state index >= 15 is 0 Å². The quantitative estimate of drug-likeness (QED) is 0.692. The molecular weight excluding hydrogens is 319 g/mol. The van der Waals surface area contributed by atoms with E-state index in [-0.39, 0.29) is 10.6 Å². The second-order valence-corrected chi connectivity index (χ2v) is 5.52. The molecule has 0 radical (unpaired) electrons. The molecule has 22 heavy (non-hydrogen) atoms. The van der Waals surface area contributed by atoms with E-state index in [0.717, 1.165) is 17.4 Å². The maximum Gasteiger partial charge on any atom is 0.340 e. The second-order valence-electron chi connectivity index (χ2n) is 4.27. The average molecular weight is 329 g/mol. The number of nitrogens with one attached hydrogen (secondary N) is 1. The zero-order valence-electron chi connectivity index (χ0n) is 11.5. The molecule has 0 aliphatic heterocycles. The number of hydrogen-bond donors (Lipinski definition) is 1. The Kier molecular flexibility index (Phi) is 4.51. The SMILES string of the molecule is COC(=O)c1cc(C)sc1NC(=O)c1ccc(F)c(F)c1F. The van der Waals surface area contributed by atoms with Crippen LogP contribution in [0.2, 0.25) is 0 Å². The number of anilines is 1. The van der Waals surface area contributed by atoms with Crippen LogP contribution in [0.1, 0.15) is 25.6 Å². The molecule has 4 nitrogen and oxygen atoms in total. The molecule has 0 unspecified atom stereocenters. The number of aryl methyl sites for hydroxylation is 1. The molecule has 0 bridgehead atoms. The normalized spacial score (nSPS) is 10.4. The van der Waals surface area contributed by atoms with Crippen molar-refractivity contribution in [1.29, 1.82) is 0 Å². The van der Waals surface area contributed by atoms with Gasteiger partial charge in [-0.3, -0.25) is 4.79 Å². The molecule has 0 aliphatic carbocycles. The molecule has 2 aromatic rings. The Balaban J connectivity index is 2.34. The Morgan fingerprint density at radius 2 is 1.82 bits per heavy atom. The lowest BCUT2D eigenvalue weighted by molar-refractivity contribution is 0.0602. The predicted octanol–water partition coefficient (Wildman–Crippen LogP) is 3.51. The van der Waals surface area contributed by atoms with Crippen LogP contribution in [-0.2, 0) is 4.74 Å². The Hall–Kier alpha value is -2.35. The van der Waals surface area contributed by atoms with Gasteiger partial charge < -0.3 is 10.1 Å². The molecule has 1 amide bonds. The van der Waals surface area contributed by atoms with Gasteiger partial charge in [0.25, 0.3) is 5.91 Å². The highest BCUT2D eigenvalue weighted by Gasteiger charge is 2.22. The van der Waals surface area contributed by atoms with Crippen LogP contribution in [0.4, 0.5) is 18.2 Å². The van der Waals surface area contributed by atoms with Crippen molar-refractivity contribution in [3.05, 3.63) is 51.7 Å². The fourth-order valence-electron chi connectivity index (χ4n) is 1.74. The summed E-state index contributed by atoms with van der Waals surface area (Å²) in [4.78, 5) is 24.3. The summed E-state index contributed by atoms with van der Waals surface area (Å²) in [7, 11) is 1.18. The Morgan fingerprint density at radius 1 is 1.14 bits per heavy atom. The van der Waals surface area contributed by atoms with Crippen LogP contribution in [0.5, 0.6) is 0 Å². The summed E-state index contributed by atoms with van der Waals surface area (Å²) in [5.41, 5.74) is -0.567. The first-order valence-corrected chi connectivity index (χ1v) is 6.80. The van der Waals surface area contributed by atoms with E-state index in [2.05, 4.69) is 10.1 Å². The van der Waals surface area contributed by atoms with Gasteiger partial charge in [0.1, 0.15) is 5.00 Å². The van der Waals surface area contributed by atoms with E-state index in [4.69, 9.17) is 0 Å². The van der Waals surface area contributed by atoms with Gasteiger partial charge in [0, 0.05) is 4.88 Å². The van der Waals surface area contributed by atoms with Crippen molar-refractivity contribution < 1.29 is 27.5 Å². The minimum Gasteiger partial charge on any atom is -0.465 e. The van der Waals surface area contributed by atoms with Crippen molar-refractivity contribution >= 4 is 28.2 Å². The Morgan fingerprint density at radius 3 is 2.45 bits per heavy atom. The largest absolute Gasteiger partial charge is 0.465 e. The number of esters is 1. The Labute approximate surface area is 127 Å². The molecule has 1 heterocycles. The number of amides is 1. The lowest BCUT2D eigenvalue weighted by Crippen LogP contribution is -2.16. The van der Waals surface area contributed by atoms with Crippen molar-refractivity contribution in [2.24, 2.45) is 0 Å². The van der Waals surface area contributed by atoms with Crippen LogP contribution < -0.4 is 5.32 Å². The van der Waals surface area contributed by atoms with Gasteiger partial charge in [-0.2, -0.15) is 0 Å². The summed E-state index contributed by atoms with van der Waals surface area (Å²) in [5, 5.41) is 2.44. The number of carbonyl (C=O) groups is 2. The molecule has 1 aromatic carbocycles. The fraction of sp³-hybridized carbons (Fsp3) is 0.143. The van der Waals surface area contributed by atoms with Crippen molar-refractivity contribution in [3.8, 4) is 0 Å². The third-order valence-corrected chi connectivity index (χ3v) is 3.73. The number of benzene rings is 1. The van der Waals surface area contributed by atoms with Gasteiger partial charge >= 0.3 is 5.97 Å². The van der Waals surface area contributed by atoms with Crippen molar-refractivity contribution in [1.82, 2.24) is 0 Å². The van der Waals surface area contributed by atoms with Gasteiger partial charge in [-0.1, -0.05) is 0 Å².